The zero-order valence-corrected chi connectivity index (χ0v) is 13.0. The van der Waals surface area contributed by atoms with Crippen molar-refractivity contribution in [1.82, 2.24) is 4.98 Å². The predicted molar refractivity (Wildman–Crippen MR) is 89.8 cm³/mol. The predicted octanol–water partition coefficient (Wildman–Crippen LogP) is 4.52. The minimum Gasteiger partial charge on any atom is -0.440 e. The van der Waals surface area contributed by atoms with E-state index in [1.807, 2.05) is 42.5 Å². The van der Waals surface area contributed by atoms with Crippen LogP contribution in [0.2, 0.25) is 0 Å². The molecule has 1 aliphatic carbocycles. The summed E-state index contributed by atoms with van der Waals surface area (Å²) in [6.07, 6.45) is 3.28. The molecular weight excluding hydrogens is 288 g/mol. The van der Waals surface area contributed by atoms with Gasteiger partial charge in [0.05, 0.1) is 0 Å². The van der Waals surface area contributed by atoms with E-state index in [2.05, 4.69) is 17.2 Å². The molecule has 1 aliphatic rings. The molecule has 2 aromatic carbocycles. The number of amides is 1. The van der Waals surface area contributed by atoms with Gasteiger partial charge in [-0.15, -0.1) is 0 Å². The molecule has 4 heteroatoms. The fraction of sp³-hybridized carbons (Fsp3) is 0.263. The van der Waals surface area contributed by atoms with E-state index in [0.29, 0.717) is 11.5 Å². The third-order valence-electron chi connectivity index (χ3n) is 4.21. The molecule has 1 N–H and O–H groups in total. The maximum atomic E-state index is 12.3. The molecule has 0 bridgehead atoms. The van der Waals surface area contributed by atoms with E-state index in [1.54, 1.807) is 0 Å². The van der Waals surface area contributed by atoms with Crippen LogP contribution in [0.25, 0.3) is 11.1 Å². The topological polar surface area (TPSA) is 55.1 Å². The Morgan fingerprint density at radius 2 is 2.00 bits per heavy atom. The third-order valence-corrected chi connectivity index (χ3v) is 4.21. The fourth-order valence-corrected chi connectivity index (χ4v) is 2.62. The van der Waals surface area contributed by atoms with E-state index in [9.17, 15) is 4.79 Å². The number of aromatic nitrogens is 1. The van der Waals surface area contributed by atoms with Crippen LogP contribution in [-0.2, 0) is 6.42 Å². The van der Waals surface area contributed by atoms with Crippen LogP contribution in [0, 0.1) is 0 Å². The number of nitrogens with one attached hydrogen (secondary N) is 1. The minimum absolute atomic E-state index is 0.113. The minimum atomic E-state index is -0.113. The summed E-state index contributed by atoms with van der Waals surface area (Å²) in [6.45, 7) is 2.10. The number of rotatable bonds is 4. The number of anilines is 1. The number of nitrogens with zero attached hydrogens (tertiary/aromatic N) is 1. The molecule has 116 valence electrons. The van der Waals surface area contributed by atoms with Gasteiger partial charge in [0.15, 0.2) is 11.5 Å². The Balaban J connectivity index is 1.54. The van der Waals surface area contributed by atoms with Gasteiger partial charge >= 0.3 is 0 Å². The molecule has 1 amide bonds. The summed E-state index contributed by atoms with van der Waals surface area (Å²) < 4.78 is 5.74. The second kappa shape index (κ2) is 5.54. The zero-order chi connectivity index (χ0) is 15.8. The van der Waals surface area contributed by atoms with Crippen LogP contribution in [0.5, 0.6) is 0 Å². The average Bonchev–Trinajstić information content (AvgIpc) is 3.34. The van der Waals surface area contributed by atoms with Gasteiger partial charge in [0.2, 0.25) is 0 Å². The highest BCUT2D eigenvalue weighted by molar-refractivity contribution is 6.04. The number of carbonyl (C=O) groups is 1. The summed E-state index contributed by atoms with van der Waals surface area (Å²) in [5.74, 6) is 1.19. The molecule has 4 rings (SSSR count). The van der Waals surface area contributed by atoms with Crippen molar-refractivity contribution in [3.05, 3.63) is 59.5 Å². The highest BCUT2D eigenvalue weighted by atomic mass is 16.3. The standard InChI is InChI=1S/C19H18N2O2/c1-2-12-3-5-13(6-4-12)18(22)20-15-9-10-17-16(11-15)21-19(23-17)14-7-8-14/h3-6,9-11,14H,2,7-8H2,1H3,(H,20,22). The van der Waals surface area contributed by atoms with Crippen molar-refractivity contribution in [3.63, 3.8) is 0 Å². The number of oxazole rings is 1. The largest absolute Gasteiger partial charge is 0.440 e. The molecule has 0 atom stereocenters. The lowest BCUT2D eigenvalue weighted by Crippen LogP contribution is -2.11. The summed E-state index contributed by atoms with van der Waals surface area (Å²) in [7, 11) is 0. The van der Waals surface area contributed by atoms with Crippen LogP contribution < -0.4 is 5.32 Å². The van der Waals surface area contributed by atoms with E-state index >= 15 is 0 Å². The van der Waals surface area contributed by atoms with Crippen molar-refractivity contribution >= 4 is 22.7 Å². The molecule has 23 heavy (non-hydrogen) atoms. The Kier molecular flexibility index (Phi) is 3.37. The first-order chi connectivity index (χ1) is 11.2. The summed E-state index contributed by atoms with van der Waals surface area (Å²) in [5, 5.41) is 2.92. The number of hydrogen-bond donors (Lipinski definition) is 1. The summed E-state index contributed by atoms with van der Waals surface area (Å²) in [6, 6.07) is 13.3. The van der Waals surface area contributed by atoms with Gasteiger partial charge in [-0.1, -0.05) is 19.1 Å². The molecule has 1 heterocycles. The summed E-state index contributed by atoms with van der Waals surface area (Å²) in [4.78, 5) is 16.8. The zero-order valence-electron chi connectivity index (χ0n) is 13.0. The van der Waals surface area contributed by atoms with Crippen molar-refractivity contribution in [2.45, 2.75) is 32.1 Å². The quantitative estimate of drug-likeness (QED) is 0.771. The summed E-state index contributed by atoms with van der Waals surface area (Å²) in [5.41, 5.74) is 4.18. The van der Waals surface area contributed by atoms with E-state index in [-0.39, 0.29) is 5.91 Å². The fourth-order valence-electron chi connectivity index (χ4n) is 2.62. The molecule has 0 radical (unpaired) electrons. The van der Waals surface area contributed by atoms with Crippen LogP contribution in [0.1, 0.15) is 47.5 Å². The van der Waals surface area contributed by atoms with Gasteiger partial charge in [-0.05, 0) is 55.2 Å². The van der Waals surface area contributed by atoms with E-state index in [4.69, 9.17) is 4.42 Å². The van der Waals surface area contributed by atoms with Crippen molar-refractivity contribution in [3.8, 4) is 0 Å². The smallest absolute Gasteiger partial charge is 0.255 e. The van der Waals surface area contributed by atoms with Gasteiger partial charge in [-0.2, -0.15) is 0 Å². The van der Waals surface area contributed by atoms with Gasteiger partial charge in [-0.25, -0.2) is 4.98 Å². The Bertz CT molecular complexity index is 861. The number of aryl methyl sites for hydroxylation is 1. The number of carbonyl (C=O) groups excluding carboxylic acids is 1. The lowest BCUT2D eigenvalue weighted by Gasteiger charge is -2.05. The maximum absolute atomic E-state index is 12.3. The van der Waals surface area contributed by atoms with Gasteiger partial charge in [0, 0.05) is 17.2 Å². The Labute approximate surface area is 134 Å². The highest BCUT2D eigenvalue weighted by Crippen LogP contribution is 2.40. The first kappa shape index (κ1) is 14.0. The maximum Gasteiger partial charge on any atom is 0.255 e. The Hall–Kier alpha value is -2.62. The SMILES string of the molecule is CCc1ccc(C(=O)Nc2ccc3oc(C4CC4)nc3c2)cc1. The first-order valence-electron chi connectivity index (χ1n) is 8.03. The normalized spacial score (nSPS) is 14.1. The van der Waals surface area contributed by atoms with Crippen LogP contribution in [0.4, 0.5) is 5.69 Å². The van der Waals surface area contributed by atoms with Gasteiger partial charge < -0.3 is 9.73 Å². The third kappa shape index (κ3) is 2.84. The van der Waals surface area contributed by atoms with Gasteiger partial charge in [0.1, 0.15) is 5.52 Å². The van der Waals surface area contributed by atoms with Crippen LogP contribution in [-0.4, -0.2) is 10.9 Å². The van der Waals surface area contributed by atoms with E-state index in [1.165, 1.54) is 5.56 Å². The number of hydrogen-bond acceptors (Lipinski definition) is 3. The average molecular weight is 306 g/mol. The molecule has 4 nitrogen and oxygen atoms in total. The Morgan fingerprint density at radius 3 is 2.70 bits per heavy atom. The van der Waals surface area contributed by atoms with Gasteiger partial charge in [-0.3, -0.25) is 4.79 Å². The molecule has 0 unspecified atom stereocenters. The lowest BCUT2D eigenvalue weighted by atomic mass is 10.1. The molecule has 1 fully saturated rings. The van der Waals surface area contributed by atoms with E-state index in [0.717, 1.165) is 41.9 Å². The van der Waals surface area contributed by atoms with Gasteiger partial charge in [0.25, 0.3) is 5.91 Å². The Morgan fingerprint density at radius 1 is 1.22 bits per heavy atom. The van der Waals surface area contributed by atoms with Crippen LogP contribution in [0.3, 0.4) is 0 Å². The van der Waals surface area contributed by atoms with Crippen molar-refractivity contribution in [2.24, 2.45) is 0 Å². The molecule has 0 aliphatic heterocycles. The van der Waals surface area contributed by atoms with Crippen molar-refractivity contribution < 1.29 is 9.21 Å². The monoisotopic (exact) mass is 306 g/mol. The molecular formula is C19H18N2O2. The van der Waals surface area contributed by atoms with Crippen LogP contribution in [0.15, 0.2) is 46.9 Å². The second-order valence-electron chi connectivity index (χ2n) is 6.01. The first-order valence-corrected chi connectivity index (χ1v) is 8.03. The van der Waals surface area contributed by atoms with Crippen molar-refractivity contribution in [1.29, 1.82) is 0 Å². The lowest BCUT2D eigenvalue weighted by molar-refractivity contribution is 0.102. The molecule has 1 aromatic heterocycles. The number of benzene rings is 2. The molecule has 3 aromatic rings. The second-order valence-corrected chi connectivity index (χ2v) is 6.01. The van der Waals surface area contributed by atoms with Crippen molar-refractivity contribution in [2.75, 3.05) is 5.32 Å². The van der Waals surface area contributed by atoms with E-state index < -0.39 is 0 Å². The molecule has 0 spiro atoms. The highest BCUT2D eigenvalue weighted by Gasteiger charge is 2.28. The van der Waals surface area contributed by atoms with Crippen LogP contribution >= 0.6 is 0 Å². The summed E-state index contributed by atoms with van der Waals surface area (Å²) >= 11 is 0. The molecule has 1 saturated carbocycles. The number of fused-ring (bicyclic) bond motifs is 1. The molecule has 0 saturated heterocycles.